The number of fused-ring (bicyclic) bond motifs is 1. The topological polar surface area (TPSA) is 51.7 Å². The van der Waals surface area contributed by atoms with Gasteiger partial charge in [0.15, 0.2) is 17.3 Å². The molecule has 0 amide bonds. The molecule has 0 saturated carbocycles. The number of rotatable bonds is 7. The largest absolute Gasteiger partial charge is 0.493 e. The first-order valence-electron chi connectivity index (χ1n) is 9.52. The van der Waals surface area contributed by atoms with E-state index < -0.39 is 0 Å². The maximum Gasteiger partial charge on any atom is 0.163 e. The minimum Gasteiger partial charge on any atom is -0.493 e. The second-order valence-electron chi connectivity index (χ2n) is 7.13. The molecule has 2 unspecified atom stereocenters. The van der Waals surface area contributed by atoms with Crippen LogP contribution in [0, 0.1) is 11.8 Å². The van der Waals surface area contributed by atoms with Gasteiger partial charge in [0.05, 0.1) is 19.7 Å². The lowest BCUT2D eigenvalue weighted by Gasteiger charge is -2.34. The maximum atomic E-state index is 13.0. The Labute approximate surface area is 165 Å². The molecule has 1 aromatic carbocycles. The molecule has 0 N–H and O–H groups in total. The van der Waals surface area contributed by atoms with Gasteiger partial charge in [-0.3, -0.25) is 9.78 Å². The van der Waals surface area contributed by atoms with Gasteiger partial charge in [-0.05, 0) is 48.6 Å². The molecule has 0 radical (unpaired) electrons. The van der Waals surface area contributed by atoms with E-state index in [0.717, 1.165) is 43.3 Å². The van der Waals surface area contributed by atoms with Crippen molar-refractivity contribution in [2.24, 2.45) is 11.8 Å². The summed E-state index contributed by atoms with van der Waals surface area (Å²) in [5.41, 5.74) is 1.43. The van der Waals surface area contributed by atoms with Gasteiger partial charge in [0, 0.05) is 42.7 Å². The molecule has 6 heteroatoms. The van der Waals surface area contributed by atoms with Crippen molar-refractivity contribution in [2.45, 2.75) is 32.6 Å². The molecule has 3 rings (SSSR count). The van der Waals surface area contributed by atoms with Crippen molar-refractivity contribution in [1.82, 2.24) is 9.40 Å². The molecule has 2 atom stereocenters. The van der Waals surface area contributed by atoms with Gasteiger partial charge in [-0.2, -0.15) is 0 Å². The molecule has 0 spiro atoms. The van der Waals surface area contributed by atoms with Crippen molar-refractivity contribution in [3.05, 3.63) is 30.0 Å². The number of carbonyl (C=O) groups excluding carboxylic acids is 1. The summed E-state index contributed by atoms with van der Waals surface area (Å²) in [7, 11) is 3.19. The molecule has 1 aromatic heterocycles. The van der Waals surface area contributed by atoms with Crippen molar-refractivity contribution >= 4 is 28.5 Å². The van der Waals surface area contributed by atoms with Crippen LogP contribution in [-0.2, 0) is 0 Å². The third-order valence-corrected chi connectivity index (χ3v) is 5.96. The number of Topliss-reactive ketones (excluding diaryl/α,β-unsaturated/α-hetero) is 1. The van der Waals surface area contributed by atoms with E-state index in [1.54, 1.807) is 26.5 Å². The fraction of sp³-hybridized carbons (Fsp3) is 0.524. The van der Waals surface area contributed by atoms with Gasteiger partial charge in [-0.25, -0.2) is 4.42 Å². The van der Waals surface area contributed by atoms with E-state index in [0.29, 0.717) is 35.3 Å². The van der Waals surface area contributed by atoms with Crippen molar-refractivity contribution in [3.63, 3.8) is 0 Å². The number of piperidine rings is 1. The highest BCUT2D eigenvalue weighted by atomic mass is 35.5. The number of pyridine rings is 1. The Bertz CT molecular complexity index is 811. The van der Waals surface area contributed by atoms with Crippen LogP contribution in [0.2, 0.25) is 0 Å². The van der Waals surface area contributed by atoms with Crippen LogP contribution < -0.4 is 9.47 Å². The van der Waals surface area contributed by atoms with E-state index in [1.165, 1.54) is 0 Å². The van der Waals surface area contributed by atoms with Crippen LogP contribution in [0.1, 0.15) is 43.0 Å². The monoisotopic (exact) mass is 390 g/mol. The molecule has 1 aliphatic rings. The smallest absolute Gasteiger partial charge is 0.163 e. The third-order valence-electron chi connectivity index (χ3n) is 5.66. The highest BCUT2D eigenvalue weighted by molar-refractivity contribution is 6.13. The molecule has 146 valence electrons. The van der Waals surface area contributed by atoms with Gasteiger partial charge in [0.2, 0.25) is 0 Å². The molecule has 1 fully saturated rings. The standard InChI is InChI=1S/C21H27ClN2O3/c1-4-14-13-24(22)10-8-15(14)5-6-19(25)16-7-9-23-18-12-21(27-3)20(26-2)11-17(16)18/h7,9,11-12,14-15H,4-6,8,10,13H2,1-3H3. The number of methoxy groups -OCH3 is 2. The molecule has 0 aliphatic carbocycles. The fourth-order valence-corrected chi connectivity index (χ4v) is 4.32. The van der Waals surface area contributed by atoms with E-state index in [4.69, 9.17) is 21.3 Å². The minimum atomic E-state index is 0.151. The van der Waals surface area contributed by atoms with Crippen molar-refractivity contribution in [1.29, 1.82) is 0 Å². The molecule has 2 heterocycles. The van der Waals surface area contributed by atoms with Gasteiger partial charge in [0.25, 0.3) is 0 Å². The van der Waals surface area contributed by atoms with Crippen molar-refractivity contribution in [3.8, 4) is 11.5 Å². The highest BCUT2D eigenvalue weighted by Gasteiger charge is 2.28. The van der Waals surface area contributed by atoms with Crippen LogP contribution in [0.15, 0.2) is 24.4 Å². The summed E-state index contributed by atoms with van der Waals surface area (Å²) in [6, 6.07) is 5.46. The number of nitrogens with zero attached hydrogens (tertiary/aromatic N) is 2. The van der Waals surface area contributed by atoms with E-state index >= 15 is 0 Å². The molecule has 1 aliphatic heterocycles. The average molecular weight is 391 g/mol. The first-order chi connectivity index (χ1) is 13.1. The Balaban J connectivity index is 1.79. The number of benzene rings is 1. The van der Waals surface area contributed by atoms with Crippen LogP contribution >= 0.6 is 11.8 Å². The first kappa shape index (κ1) is 19.9. The molecule has 5 nitrogen and oxygen atoms in total. The molecule has 27 heavy (non-hydrogen) atoms. The Hall–Kier alpha value is -1.85. The zero-order valence-corrected chi connectivity index (χ0v) is 17.0. The Morgan fingerprint density at radius 1 is 1.26 bits per heavy atom. The summed E-state index contributed by atoms with van der Waals surface area (Å²) in [5, 5.41) is 0.808. The second kappa shape index (κ2) is 8.89. The third kappa shape index (κ3) is 4.36. The molecular formula is C21H27ClN2O3. The van der Waals surface area contributed by atoms with Gasteiger partial charge in [-0.1, -0.05) is 13.3 Å². The van der Waals surface area contributed by atoms with Crippen LogP contribution in [0.4, 0.5) is 0 Å². The van der Waals surface area contributed by atoms with Crippen molar-refractivity contribution in [2.75, 3.05) is 27.3 Å². The second-order valence-corrected chi connectivity index (χ2v) is 7.61. The molecule has 2 aromatic rings. The van der Waals surface area contributed by atoms with Crippen LogP contribution in [0.25, 0.3) is 10.9 Å². The van der Waals surface area contributed by atoms with Crippen molar-refractivity contribution < 1.29 is 14.3 Å². The predicted octanol–water partition coefficient (Wildman–Crippen LogP) is 4.72. The minimum absolute atomic E-state index is 0.151. The summed E-state index contributed by atoms with van der Waals surface area (Å²) >= 11 is 6.17. The number of aromatic nitrogens is 1. The summed E-state index contributed by atoms with van der Waals surface area (Å²) < 4.78 is 12.6. The van der Waals surface area contributed by atoms with Gasteiger partial charge < -0.3 is 9.47 Å². The zero-order valence-electron chi connectivity index (χ0n) is 16.2. The Kier molecular flexibility index (Phi) is 6.55. The number of ether oxygens (including phenoxy) is 2. The molecule has 1 saturated heterocycles. The van der Waals surface area contributed by atoms with E-state index in [2.05, 4.69) is 11.9 Å². The average Bonchev–Trinajstić information content (AvgIpc) is 2.70. The predicted molar refractivity (Wildman–Crippen MR) is 108 cm³/mol. The number of carbonyl (C=O) groups is 1. The van der Waals surface area contributed by atoms with Crippen LogP contribution in [0.5, 0.6) is 11.5 Å². The number of halogens is 1. The summed E-state index contributed by atoms with van der Waals surface area (Å²) in [6.07, 6.45) is 5.27. The number of hydrogen-bond donors (Lipinski definition) is 0. The van der Waals surface area contributed by atoms with Gasteiger partial charge in [-0.15, -0.1) is 0 Å². The normalized spacial score (nSPS) is 20.6. The first-order valence-corrected chi connectivity index (χ1v) is 9.85. The summed E-state index contributed by atoms with van der Waals surface area (Å²) in [4.78, 5) is 17.4. The lowest BCUT2D eigenvalue weighted by molar-refractivity contribution is 0.0954. The lowest BCUT2D eigenvalue weighted by Crippen LogP contribution is -2.35. The van der Waals surface area contributed by atoms with E-state index in [-0.39, 0.29) is 5.78 Å². The summed E-state index contributed by atoms with van der Waals surface area (Å²) in [6.45, 7) is 4.00. The maximum absolute atomic E-state index is 13.0. The zero-order chi connectivity index (χ0) is 19.4. The SMILES string of the molecule is CCC1CN(Cl)CCC1CCC(=O)c1ccnc2cc(OC)c(OC)cc12. The van der Waals surface area contributed by atoms with E-state index in [9.17, 15) is 4.79 Å². The van der Waals surface area contributed by atoms with Crippen LogP contribution in [0.3, 0.4) is 0 Å². The number of hydrogen-bond acceptors (Lipinski definition) is 5. The Morgan fingerprint density at radius 3 is 2.70 bits per heavy atom. The number of ketones is 1. The quantitative estimate of drug-likeness (QED) is 0.506. The lowest BCUT2D eigenvalue weighted by atomic mass is 9.81. The highest BCUT2D eigenvalue weighted by Crippen LogP contribution is 2.34. The van der Waals surface area contributed by atoms with Crippen LogP contribution in [-0.4, -0.2) is 42.5 Å². The summed E-state index contributed by atoms with van der Waals surface area (Å²) in [5.74, 6) is 2.48. The van der Waals surface area contributed by atoms with E-state index in [1.807, 2.05) is 16.6 Å². The van der Waals surface area contributed by atoms with Gasteiger partial charge >= 0.3 is 0 Å². The molecule has 0 bridgehead atoms. The Morgan fingerprint density at radius 2 is 2.00 bits per heavy atom. The van der Waals surface area contributed by atoms with Gasteiger partial charge in [0.1, 0.15) is 0 Å². The molecular weight excluding hydrogens is 364 g/mol. The fourth-order valence-electron chi connectivity index (χ4n) is 4.05.